The maximum absolute atomic E-state index is 14.2. The lowest BCUT2D eigenvalue weighted by Crippen LogP contribution is -2.41. The number of hydrogen-bond donors (Lipinski definition) is 0. The third-order valence-corrected chi connectivity index (χ3v) is 9.59. The summed E-state index contributed by atoms with van der Waals surface area (Å²) in [7, 11) is 1.19. The van der Waals surface area contributed by atoms with Crippen molar-refractivity contribution in [1.82, 2.24) is 4.90 Å². The van der Waals surface area contributed by atoms with E-state index in [9.17, 15) is 4.79 Å². The number of carbonyl (C=O) groups excluding carboxylic acids is 1. The summed E-state index contributed by atoms with van der Waals surface area (Å²) >= 11 is 0. The zero-order valence-electron chi connectivity index (χ0n) is 19.4. The van der Waals surface area contributed by atoms with Crippen LogP contribution in [0.25, 0.3) is 6.08 Å². The van der Waals surface area contributed by atoms with E-state index in [1.807, 2.05) is 7.05 Å². The molecule has 0 bridgehead atoms. The third-order valence-electron chi connectivity index (χ3n) is 7.10. The van der Waals surface area contributed by atoms with Crippen LogP contribution in [0.3, 0.4) is 0 Å². The van der Waals surface area contributed by atoms with Crippen molar-refractivity contribution in [1.29, 1.82) is 0 Å². The molecule has 0 heterocycles. The molecule has 0 aliphatic heterocycles. The van der Waals surface area contributed by atoms with Crippen LogP contribution in [0.15, 0.2) is 78.9 Å². The molecule has 33 heavy (non-hydrogen) atoms. The van der Waals surface area contributed by atoms with Crippen LogP contribution >= 0.6 is 7.92 Å². The molecule has 2 aliphatic rings. The van der Waals surface area contributed by atoms with E-state index in [1.165, 1.54) is 40.7 Å². The summed E-state index contributed by atoms with van der Waals surface area (Å²) in [6, 6.07) is 26.3. The molecule has 2 nitrogen and oxygen atoms in total. The van der Waals surface area contributed by atoms with Crippen molar-refractivity contribution in [2.75, 3.05) is 7.05 Å². The molecular formula is C30H32NOP. The first-order valence-electron chi connectivity index (χ1n) is 12.2. The van der Waals surface area contributed by atoms with Gasteiger partial charge in [-0.25, -0.2) is 0 Å². The maximum Gasteiger partial charge on any atom is 0.255 e. The molecule has 1 saturated carbocycles. The fourth-order valence-corrected chi connectivity index (χ4v) is 7.76. The van der Waals surface area contributed by atoms with Crippen LogP contribution in [0.1, 0.15) is 60.0 Å². The molecule has 2 aliphatic carbocycles. The van der Waals surface area contributed by atoms with Gasteiger partial charge in [0.05, 0.1) is 5.56 Å². The first-order valence-corrected chi connectivity index (χ1v) is 13.6. The molecule has 168 valence electrons. The van der Waals surface area contributed by atoms with Gasteiger partial charge in [0, 0.05) is 13.1 Å². The summed E-state index contributed by atoms with van der Waals surface area (Å²) < 4.78 is 0. The molecule has 3 heteroatoms. The number of amides is 1. The molecule has 0 N–H and O–H groups in total. The van der Waals surface area contributed by atoms with Crippen molar-refractivity contribution < 1.29 is 4.79 Å². The summed E-state index contributed by atoms with van der Waals surface area (Å²) in [6.45, 7) is 0. The van der Waals surface area contributed by atoms with Gasteiger partial charge in [0.15, 0.2) is 0 Å². The van der Waals surface area contributed by atoms with Crippen molar-refractivity contribution in [2.24, 2.45) is 0 Å². The van der Waals surface area contributed by atoms with Crippen LogP contribution in [0.4, 0.5) is 0 Å². The van der Waals surface area contributed by atoms with Gasteiger partial charge in [-0.15, -0.1) is 0 Å². The molecule has 0 spiro atoms. The second-order valence-electron chi connectivity index (χ2n) is 9.19. The molecular weight excluding hydrogens is 421 g/mol. The Morgan fingerprint density at radius 3 is 2.12 bits per heavy atom. The van der Waals surface area contributed by atoms with E-state index in [0.717, 1.165) is 36.8 Å². The molecule has 1 amide bonds. The van der Waals surface area contributed by atoms with Crippen molar-refractivity contribution in [3.05, 3.63) is 95.6 Å². The SMILES string of the molecule is CN(C(=O)c1c(P(c2ccccc2)c2ccccc2)ccc2c1C=CCC2)C1CCCCC1. The van der Waals surface area contributed by atoms with E-state index >= 15 is 0 Å². The number of carbonyl (C=O) groups is 1. The first kappa shape index (κ1) is 22.1. The lowest BCUT2D eigenvalue weighted by molar-refractivity contribution is 0.0697. The Labute approximate surface area is 199 Å². The monoisotopic (exact) mass is 453 g/mol. The molecule has 0 radical (unpaired) electrons. The van der Waals surface area contributed by atoms with Gasteiger partial charge in [0.25, 0.3) is 5.91 Å². The molecule has 3 aromatic carbocycles. The van der Waals surface area contributed by atoms with E-state index < -0.39 is 7.92 Å². The van der Waals surface area contributed by atoms with Crippen LogP contribution < -0.4 is 15.9 Å². The van der Waals surface area contributed by atoms with Crippen molar-refractivity contribution >= 4 is 35.8 Å². The van der Waals surface area contributed by atoms with Gasteiger partial charge >= 0.3 is 0 Å². The average Bonchev–Trinajstić information content (AvgIpc) is 2.89. The quantitative estimate of drug-likeness (QED) is 0.447. The normalized spacial score (nSPS) is 15.9. The van der Waals surface area contributed by atoms with Crippen LogP contribution in [0, 0.1) is 0 Å². The molecule has 3 aromatic rings. The zero-order chi connectivity index (χ0) is 22.6. The Hall–Kier alpha value is -2.70. The summed E-state index contributed by atoms with van der Waals surface area (Å²) in [5.41, 5.74) is 3.37. The number of hydrogen-bond acceptors (Lipinski definition) is 1. The van der Waals surface area contributed by atoms with E-state index in [-0.39, 0.29) is 5.91 Å². The van der Waals surface area contributed by atoms with E-state index in [1.54, 1.807) is 0 Å². The highest BCUT2D eigenvalue weighted by atomic mass is 31.1. The Bertz CT molecular complexity index is 1090. The number of fused-ring (bicyclic) bond motifs is 1. The fraction of sp³-hybridized carbons (Fsp3) is 0.300. The number of nitrogens with zero attached hydrogens (tertiary/aromatic N) is 1. The zero-order valence-corrected chi connectivity index (χ0v) is 20.3. The van der Waals surface area contributed by atoms with Gasteiger partial charge in [-0.2, -0.15) is 0 Å². The Morgan fingerprint density at radius 1 is 0.848 bits per heavy atom. The van der Waals surface area contributed by atoms with Crippen molar-refractivity contribution in [2.45, 2.75) is 51.0 Å². The van der Waals surface area contributed by atoms with Crippen LogP contribution in [0.2, 0.25) is 0 Å². The lowest BCUT2D eigenvalue weighted by atomic mass is 9.91. The van der Waals surface area contributed by atoms with E-state index in [0.29, 0.717) is 6.04 Å². The highest BCUT2D eigenvalue weighted by Gasteiger charge is 2.30. The minimum Gasteiger partial charge on any atom is -0.339 e. The topological polar surface area (TPSA) is 20.3 Å². The minimum atomic E-state index is -0.838. The second kappa shape index (κ2) is 10.1. The number of allylic oxidation sites excluding steroid dienone is 1. The van der Waals surface area contributed by atoms with E-state index in [2.05, 4.69) is 89.8 Å². The molecule has 0 aromatic heterocycles. The summed E-state index contributed by atoms with van der Waals surface area (Å²) in [6.07, 6.45) is 12.5. The van der Waals surface area contributed by atoms with Gasteiger partial charge in [0.1, 0.15) is 0 Å². The largest absolute Gasteiger partial charge is 0.339 e. The third kappa shape index (κ3) is 4.55. The summed E-state index contributed by atoms with van der Waals surface area (Å²) in [4.78, 5) is 16.3. The van der Waals surface area contributed by atoms with Crippen molar-refractivity contribution in [3.8, 4) is 0 Å². The predicted molar refractivity (Wildman–Crippen MR) is 141 cm³/mol. The molecule has 1 fully saturated rings. The van der Waals surface area contributed by atoms with Crippen LogP contribution in [-0.4, -0.2) is 23.9 Å². The van der Waals surface area contributed by atoms with Gasteiger partial charge < -0.3 is 4.90 Å². The number of benzene rings is 3. The van der Waals surface area contributed by atoms with Gasteiger partial charge in [-0.1, -0.05) is 104 Å². The minimum absolute atomic E-state index is 0.194. The summed E-state index contributed by atoms with van der Waals surface area (Å²) in [5.74, 6) is 0.194. The maximum atomic E-state index is 14.2. The van der Waals surface area contributed by atoms with Gasteiger partial charge in [-0.3, -0.25) is 4.79 Å². The highest BCUT2D eigenvalue weighted by Crippen LogP contribution is 2.37. The van der Waals surface area contributed by atoms with Gasteiger partial charge in [0.2, 0.25) is 0 Å². The first-order chi connectivity index (χ1) is 16.2. The Kier molecular flexibility index (Phi) is 6.74. The average molecular weight is 454 g/mol. The standard InChI is InChI=1S/C30H32NOP/c1-31(24-14-5-2-6-15-24)30(32)29-27-20-12-11-13-23(27)21-22-28(29)33(25-16-7-3-8-17-25)26-18-9-4-10-19-26/h3-4,7-10,12,16-22,24H,2,5-6,11,13-15H2,1H3. The lowest BCUT2D eigenvalue weighted by Gasteiger charge is -2.33. The fourth-order valence-electron chi connectivity index (χ4n) is 5.30. The van der Waals surface area contributed by atoms with Crippen LogP contribution in [0.5, 0.6) is 0 Å². The molecule has 0 atom stereocenters. The smallest absolute Gasteiger partial charge is 0.255 e. The second-order valence-corrected chi connectivity index (χ2v) is 11.4. The van der Waals surface area contributed by atoms with E-state index in [4.69, 9.17) is 0 Å². The van der Waals surface area contributed by atoms with Gasteiger partial charge in [-0.05, 0) is 60.6 Å². The molecule has 0 saturated heterocycles. The number of aryl methyl sites for hydroxylation is 1. The van der Waals surface area contributed by atoms with Crippen molar-refractivity contribution in [3.63, 3.8) is 0 Å². The Morgan fingerprint density at radius 2 is 1.48 bits per heavy atom. The highest BCUT2D eigenvalue weighted by molar-refractivity contribution is 7.80. The van der Waals surface area contributed by atoms with Crippen LogP contribution in [-0.2, 0) is 6.42 Å². The summed E-state index contributed by atoms with van der Waals surface area (Å²) in [5, 5.41) is 3.75. The molecule has 0 unspecified atom stereocenters. The Balaban J connectivity index is 1.68. The molecule has 5 rings (SSSR count). The number of rotatable bonds is 5. The predicted octanol–water partition coefficient (Wildman–Crippen LogP) is 5.81.